The summed E-state index contributed by atoms with van der Waals surface area (Å²) in [5, 5.41) is 10.7. The Balaban J connectivity index is 2.04. The van der Waals surface area contributed by atoms with Gasteiger partial charge in [0.1, 0.15) is 5.75 Å². The molecule has 126 valence electrons. The average molecular weight is 328 g/mol. The molecule has 0 saturated carbocycles. The van der Waals surface area contributed by atoms with E-state index in [4.69, 9.17) is 4.74 Å². The SMILES string of the molecule is COc1ccc(C)cc1CN(C)C(=O)Cc1ccc([N+](=O)[O-])cc1. The molecule has 0 unspecified atom stereocenters. The molecular formula is C18H20N2O4. The summed E-state index contributed by atoms with van der Waals surface area (Å²) in [6.45, 7) is 2.43. The van der Waals surface area contributed by atoms with Gasteiger partial charge in [-0.05, 0) is 18.6 Å². The van der Waals surface area contributed by atoms with E-state index in [9.17, 15) is 14.9 Å². The van der Waals surface area contributed by atoms with E-state index in [1.807, 2.05) is 25.1 Å². The zero-order valence-corrected chi connectivity index (χ0v) is 14.0. The first-order chi connectivity index (χ1) is 11.4. The fourth-order valence-electron chi connectivity index (χ4n) is 2.42. The van der Waals surface area contributed by atoms with Gasteiger partial charge in [0, 0.05) is 31.3 Å². The molecule has 0 aliphatic carbocycles. The minimum atomic E-state index is -0.457. The molecule has 0 aliphatic heterocycles. The molecule has 2 aromatic carbocycles. The smallest absolute Gasteiger partial charge is 0.269 e. The van der Waals surface area contributed by atoms with Crippen LogP contribution in [0, 0.1) is 17.0 Å². The molecule has 0 atom stereocenters. The Labute approximate surface area is 140 Å². The van der Waals surface area contributed by atoms with E-state index in [-0.39, 0.29) is 18.0 Å². The lowest BCUT2D eigenvalue weighted by atomic mass is 10.1. The van der Waals surface area contributed by atoms with Gasteiger partial charge < -0.3 is 9.64 Å². The Bertz CT molecular complexity index is 741. The van der Waals surface area contributed by atoms with Crippen molar-refractivity contribution < 1.29 is 14.5 Å². The Hall–Kier alpha value is -2.89. The molecule has 0 fully saturated rings. The summed E-state index contributed by atoms with van der Waals surface area (Å²) < 4.78 is 5.33. The van der Waals surface area contributed by atoms with Crippen LogP contribution in [0.25, 0.3) is 0 Å². The van der Waals surface area contributed by atoms with Crippen LogP contribution in [0.4, 0.5) is 5.69 Å². The van der Waals surface area contributed by atoms with Crippen LogP contribution in [0.15, 0.2) is 42.5 Å². The predicted octanol–water partition coefficient (Wildman–Crippen LogP) is 3.11. The van der Waals surface area contributed by atoms with Crippen LogP contribution in [0.3, 0.4) is 0 Å². The molecule has 2 aromatic rings. The normalized spacial score (nSPS) is 10.3. The standard InChI is InChI=1S/C18H20N2O4/c1-13-4-9-17(24-3)15(10-13)12-19(2)18(21)11-14-5-7-16(8-6-14)20(22)23/h4-10H,11-12H2,1-3H3. The number of hydrogen-bond acceptors (Lipinski definition) is 4. The molecule has 2 rings (SSSR count). The minimum Gasteiger partial charge on any atom is -0.496 e. The van der Waals surface area contributed by atoms with Gasteiger partial charge in [-0.2, -0.15) is 0 Å². The maximum absolute atomic E-state index is 12.4. The van der Waals surface area contributed by atoms with E-state index >= 15 is 0 Å². The molecule has 1 amide bonds. The van der Waals surface area contributed by atoms with Crippen molar-refractivity contribution in [3.8, 4) is 5.75 Å². The second-order valence-corrected chi connectivity index (χ2v) is 5.67. The highest BCUT2D eigenvalue weighted by Crippen LogP contribution is 2.21. The van der Waals surface area contributed by atoms with E-state index in [2.05, 4.69) is 0 Å². The van der Waals surface area contributed by atoms with E-state index in [1.54, 1.807) is 31.2 Å². The van der Waals surface area contributed by atoms with Gasteiger partial charge in [-0.3, -0.25) is 14.9 Å². The number of likely N-dealkylation sites (N-methyl/N-ethyl adjacent to an activating group) is 1. The molecule has 0 aliphatic rings. The number of hydrogen-bond donors (Lipinski definition) is 0. The van der Waals surface area contributed by atoms with Crippen LogP contribution in [0.2, 0.25) is 0 Å². The average Bonchev–Trinajstić information content (AvgIpc) is 2.55. The van der Waals surface area contributed by atoms with Gasteiger partial charge in [0.15, 0.2) is 0 Å². The summed E-state index contributed by atoms with van der Waals surface area (Å²) in [4.78, 5) is 24.2. The highest BCUT2D eigenvalue weighted by atomic mass is 16.6. The van der Waals surface area contributed by atoms with Gasteiger partial charge in [0.05, 0.1) is 18.5 Å². The lowest BCUT2D eigenvalue weighted by Crippen LogP contribution is -2.28. The Morgan fingerprint density at radius 2 is 1.88 bits per heavy atom. The molecule has 0 aromatic heterocycles. The molecule has 0 spiro atoms. The van der Waals surface area contributed by atoms with E-state index in [0.717, 1.165) is 22.4 Å². The molecule has 6 heteroatoms. The maximum Gasteiger partial charge on any atom is 0.269 e. The summed E-state index contributed by atoms with van der Waals surface area (Å²) in [5.41, 5.74) is 2.80. The number of nitrogens with zero attached hydrogens (tertiary/aromatic N) is 2. The summed E-state index contributed by atoms with van der Waals surface area (Å²) in [6.07, 6.45) is 0.197. The van der Waals surface area contributed by atoms with Gasteiger partial charge in [0.2, 0.25) is 5.91 Å². The number of methoxy groups -OCH3 is 1. The van der Waals surface area contributed by atoms with E-state index < -0.39 is 4.92 Å². The number of non-ortho nitro benzene ring substituents is 1. The van der Waals surface area contributed by atoms with Crippen molar-refractivity contribution in [2.45, 2.75) is 19.9 Å². The third-order valence-electron chi connectivity index (χ3n) is 3.77. The van der Waals surface area contributed by atoms with Crippen molar-refractivity contribution in [2.24, 2.45) is 0 Å². The number of amides is 1. The number of ether oxygens (including phenoxy) is 1. The number of carbonyl (C=O) groups is 1. The monoisotopic (exact) mass is 328 g/mol. The first-order valence-corrected chi connectivity index (χ1v) is 7.51. The number of aryl methyl sites for hydroxylation is 1. The van der Waals surface area contributed by atoms with Crippen LogP contribution in [-0.4, -0.2) is 29.9 Å². The van der Waals surface area contributed by atoms with Crippen LogP contribution >= 0.6 is 0 Å². The van der Waals surface area contributed by atoms with Crippen LogP contribution in [0.1, 0.15) is 16.7 Å². The molecule has 6 nitrogen and oxygen atoms in total. The van der Waals surface area contributed by atoms with Gasteiger partial charge in [0.25, 0.3) is 5.69 Å². The van der Waals surface area contributed by atoms with Gasteiger partial charge in [-0.1, -0.05) is 29.8 Å². The van der Waals surface area contributed by atoms with Crippen LogP contribution in [-0.2, 0) is 17.8 Å². The second kappa shape index (κ2) is 7.59. The summed E-state index contributed by atoms with van der Waals surface area (Å²) in [6, 6.07) is 11.9. The summed E-state index contributed by atoms with van der Waals surface area (Å²) in [7, 11) is 3.34. The van der Waals surface area contributed by atoms with Gasteiger partial charge >= 0.3 is 0 Å². The van der Waals surface area contributed by atoms with Crippen molar-refractivity contribution in [2.75, 3.05) is 14.2 Å². The Morgan fingerprint density at radius 1 is 1.21 bits per heavy atom. The quantitative estimate of drug-likeness (QED) is 0.603. The number of nitro benzene ring substituents is 1. The largest absolute Gasteiger partial charge is 0.496 e. The molecular weight excluding hydrogens is 308 g/mol. The minimum absolute atomic E-state index is 0.0176. The third-order valence-corrected chi connectivity index (χ3v) is 3.77. The molecule has 24 heavy (non-hydrogen) atoms. The van der Waals surface area contributed by atoms with Crippen molar-refractivity contribution in [1.82, 2.24) is 4.90 Å². The lowest BCUT2D eigenvalue weighted by Gasteiger charge is -2.19. The number of nitro groups is 1. The van der Waals surface area contributed by atoms with Gasteiger partial charge in [-0.15, -0.1) is 0 Å². The fraction of sp³-hybridized carbons (Fsp3) is 0.278. The molecule has 0 heterocycles. The fourth-order valence-corrected chi connectivity index (χ4v) is 2.42. The number of carbonyl (C=O) groups excluding carboxylic acids is 1. The lowest BCUT2D eigenvalue weighted by molar-refractivity contribution is -0.384. The zero-order valence-electron chi connectivity index (χ0n) is 14.0. The third kappa shape index (κ3) is 4.32. The van der Waals surface area contributed by atoms with Gasteiger partial charge in [-0.25, -0.2) is 0 Å². The molecule has 0 radical (unpaired) electrons. The molecule has 0 N–H and O–H groups in total. The first-order valence-electron chi connectivity index (χ1n) is 7.51. The van der Waals surface area contributed by atoms with E-state index in [0.29, 0.717) is 6.54 Å². The maximum atomic E-state index is 12.4. The second-order valence-electron chi connectivity index (χ2n) is 5.67. The summed E-state index contributed by atoms with van der Waals surface area (Å²) >= 11 is 0. The van der Waals surface area contributed by atoms with E-state index in [1.165, 1.54) is 12.1 Å². The summed E-state index contributed by atoms with van der Waals surface area (Å²) in [5.74, 6) is 0.683. The van der Waals surface area contributed by atoms with Crippen molar-refractivity contribution in [3.63, 3.8) is 0 Å². The Kier molecular flexibility index (Phi) is 5.52. The highest BCUT2D eigenvalue weighted by Gasteiger charge is 2.14. The predicted molar refractivity (Wildman–Crippen MR) is 91.0 cm³/mol. The molecule has 0 bridgehead atoms. The number of rotatable bonds is 6. The van der Waals surface area contributed by atoms with Crippen LogP contribution < -0.4 is 4.74 Å². The number of benzene rings is 2. The van der Waals surface area contributed by atoms with Crippen molar-refractivity contribution in [3.05, 3.63) is 69.3 Å². The first kappa shape index (κ1) is 17.5. The topological polar surface area (TPSA) is 72.7 Å². The molecule has 0 saturated heterocycles. The van der Waals surface area contributed by atoms with Crippen LogP contribution in [0.5, 0.6) is 5.75 Å². The highest BCUT2D eigenvalue weighted by molar-refractivity contribution is 5.78. The van der Waals surface area contributed by atoms with Crippen molar-refractivity contribution in [1.29, 1.82) is 0 Å². The zero-order chi connectivity index (χ0) is 17.7. The van der Waals surface area contributed by atoms with Crippen molar-refractivity contribution >= 4 is 11.6 Å². The Morgan fingerprint density at radius 3 is 2.46 bits per heavy atom.